The minimum absolute atomic E-state index is 0.377. The fraction of sp³-hybridized carbons (Fsp3) is 0.263. The second kappa shape index (κ2) is 8.28. The Kier molecular flexibility index (Phi) is 6.04. The van der Waals surface area contributed by atoms with Gasteiger partial charge in [0.15, 0.2) is 0 Å². The van der Waals surface area contributed by atoms with Gasteiger partial charge in [0.2, 0.25) is 0 Å². The van der Waals surface area contributed by atoms with Gasteiger partial charge >= 0.3 is 0 Å². The average Bonchev–Trinajstić information content (AvgIpc) is 2.52. The molecule has 0 amide bonds. The molecule has 0 aliphatic heterocycles. The molecule has 0 spiro atoms. The van der Waals surface area contributed by atoms with Crippen molar-refractivity contribution in [1.82, 2.24) is 0 Å². The second-order valence-corrected chi connectivity index (χ2v) is 5.30. The normalized spacial score (nSPS) is 12.6. The number of rotatable bonds is 7. The highest BCUT2D eigenvalue weighted by Gasteiger charge is 2.00. The molecular weight excluding hydrogens is 258 g/mol. The van der Waals surface area contributed by atoms with E-state index in [2.05, 4.69) is 30.3 Å². The van der Waals surface area contributed by atoms with Crippen LogP contribution in [0.2, 0.25) is 0 Å². The van der Waals surface area contributed by atoms with E-state index in [4.69, 9.17) is 5.73 Å². The van der Waals surface area contributed by atoms with E-state index >= 15 is 0 Å². The smallest absolute Gasteiger partial charge is 0.0724 e. The zero-order valence-electron chi connectivity index (χ0n) is 12.3. The van der Waals surface area contributed by atoms with Crippen LogP contribution in [0, 0.1) is 0 Å². The van der Waals surface area contributed by atoms with Crippen LogP contribution in [0.3, 0.4) is 0 Å². The van der Waals surface area contributed by atoms with Gasteiger partial charge in [-0.3, -0.25) is 0 Å². The third kappa shape index (κ3) is 5.84. The fourth-order valence-electron chi connectivity index (χ4n) is 2.24. The monoisotopic (exact) mass is 281 g/mol. The molecule has 2 rings (SSSR count). The van der Waals surface area contributed by atoms with Gasteiger partial charge in [-0.15, -0.1) is 0 Å². The van der Waals surface area contributed by atoms with Crippen molar-refractivity contribution < 1.29 is 5.11 Å². The van der Waals surface area contributed by atoms with Crippen LogP contribution in [0.25, 0.3) is 0 Å². The first kappa shape index (κ1) is 15.3. The van der Waals surface area contributed by atoms with Crippen molar-refractivity contribution in [2.24, 2.45) is 0 Å². The second-order valence-electron chi connectivity index (χ2n) is 5.30. The van der Waals surface area contributed by atoms with Crippen LogP contribution in [0.1, 0.15) is 24.0 Å². The summed E-state index contributed by atoms with van der Waals surface area (Å²) in [5.41, 5.74) is 8.97. The highest BCUT2D eigenvalue weighted by Crippen LogP contribution is 2.10. The van der Waals surface area contributed by atoms with Crippen molar-refractivity contribution in [3.05, 3.63) is 77.9 Å². The summed E-state index contributed by atoms with van der Waals surface area (Å²) >= 11 is 0. The highest BCUT2D eigenvalue weighted by atomic mass is 16.3. The predicted octanol–water partition coefficient (Wildman–Crippen LogP) is 3.75. The van der Waals surface area contributed by atoms with Crippen molar-refractivity contribution in [2.75, 3.05) is 5.73 Å². The molecule has 110 valence electrons. The third-order valence-electron chi connectivity index (χ3n) is 3.51. The molecule has 0 aromatic heterocycles. The Morgan fingerprint density at radius 2 is 1.57 bits per heavy atom. The van der Waals surface area contributed by atoms with Crippen molar-refractivity contribution >= 4 is 5.69 Å². The summed E-state index contributed by atoms with van der Waals surface area (Å²) in [6, 6.07) is 18.2. The van der Waals surface area contributed by atoms with E-state index in [1.165, 1.54) is 11.1 Å². The Morgan fingerprint density at radius 1 is 0.905 bits per heavy atom. The van der Waals surface area contributed by atoms with Crippen molar-refractivity contribution in [2.45, 2.75) is 31.8 Å². The molecule has 0 saturated carbocycles. The van der Waals surface area contributed by atoms with Gasteiger partial charge in [-0.05, 0) is 48.9 Å². The van der Waals surface area contributed by atoms with Gasteiger partial charge in [-0.1, -0.05) is 54.6 Å². The summed E-state index contributed by atoms with van der Waals surface area (Å²) in [5, 5.41) is 9.95. The Hall–Kier alpha value is -2.06. The highest BCUT2D eigenvalue weighted by molar-refractivity contribution is 5.39. The van der Waals surface area contributed by atoms with Gasteiger partial charge < -0.3 is 10.8 Å². The minimum atomic E-state index is -0.377. The lowest BCUT2D eigenvalue weighted by molar-refractivity contribution is 0.212. The molecule has 0 aliphatic rings. The van der Waals surface area contributed by atoms with Crippen LogP contribution in [0.15, 0.2) is 66.7 Å². The molecule has 0 radical (unpaired) electrons. The Morgan fingerprint density at radius 3 is 2.29 bits per heavy atom. The number of anilines is 1. The van der Waals surface area contributed by atoms with Crippen molar-refractivity contribution in [3.8, 4) is 0 Å². The first-order chi connectivity index (χ1) is 10.2. The Labute approximate surface area is 126 Å². The summed E-state index contributed by atoms with van der Waals surface area (Å²) in [6.07, 6.45) is 7.18. The topological polar surface area (TPSA) is 46.2 Å². The minimum Gasteiger partial charge on any atom is -0.399 e. The molecule has 2 aromatic carbocycles. The molecule has 2 aromatic rings. The zero-order chi connectivity index (χ0) is 14.9. The van der Waals surface area contributed by atoms with Gasteiger partial charge in [-0.2, -0.15) is 0 Å². The maximum atomic E-state index is 9.95. The average molecular weight is 281 g/mol. The molecule has 0 fully saturated rings. The largest absolute Gasteiger partial charge is 0.399 e. The molecule has 0 saturated heterocycles. The van der Waals surface area contributed by atoms with Crippen molar-refractivity contribution in [1.29, 1.82) is 0 Å². The predicted molar refractivity (Wildman–Crippen MR) is 89.1 cm³/mol. The molecule has 0 heterocycles. The number of hydrogen-bond acceptors (Lipinski definition) is 2. The Balaban J connectivity index is 1.68. The van der Waals surface area contributed by atoms with Gasteiger partial charge in [0.1, 0.15) is 0 Å². The summed E-state index contributed by atoms with van der Waals surface area (Å²) in [5.74, 6) is 0. The van der Waals surface area contributed by atoms with E-state index in [-0.39, 0.29) is 6.10 Å². The lowest BCUT2D eigenvalue weighted by Gasteiger charge is -2.06. The number of aliphatic hydroxyl groups is 1. The first-order valence-corrected chi connectivity index (χ1v) is 7.47. The van der Waals surface area contributed by atoms with E-state index in [1.807, 2.05) is 36.4 Å². The number of allylic oxidation sites excluding steroid dienone is 1. The zero-order valence-corrected chi connectivity index (χ0v) is 12.3. The van der Waals surface area contributed by atoms with Gasteiger partial charge in [0.05, 0.1) is 6.10 Å². The van der Waals surface area contributed by atoms with Crippen molar-refractivity contribution in [3.63, 3.8) is 0 Å². The molecule has 3 N–H and O–H groups in total. The maximum absolute atomic E-state index is 9.95. The molecule has 2 nitrogen and oxygen atoms in total. The van der Waals surface area contributed by atoms with Crippen LogP contribution >= 0.6 is 0 Å². The molecule has 0 aliphatic carbocycles. The number of nitrogen functional groups attached to an aromatic ring is 1. The van der Waals surface area contributed by atoms with Crippen LogP contribution in [-0.4, -0.2) is 11.2 Å². The van der Waals surface area contributed by atoms with E-state index in [0.717, 1.165) is 31.4 Å². The summed E-state index contributed by atoms with van der Waals surface area (Å²) in [4.78, 5) is 0. The molecule has 2 heteroatoms. The summed E-state index contributed by atoms with van der Waals surface area (Å²) in [7, 11) is 0. The molecule has 0 bridgehead atoms. The van der Waals surface area contributed by atoms with E-state index in [9.17, 15) is 5.11 Å². The fourth-order valence-corrected chi connectivity index (χ4v) is 2.24. The van der Waals surface area contributed by atoms with Gasteiger partial charge in [0.25, 0.3) is 0 Å². The number of hydrogen-bond donors (Lipinski definition) is 2. The summed E-state index contributed by atoms with van der Waals surface area (Å²) < 4.78 is 0. The SMILES string of the molecule is Nc1ccc(CCC(O)/C=C/CCc2ccccc2)cc1. The molecule has 21 heavy (non-hydrogen) atoms. The maximum Gasteiger partial charge on any atom is 0.0724 e. The van der Waals surface area contributed by atoms with E-state index < -0.39 is 0 Å². The molecule has 1 unspecified atom stereocenters. The van der Waals surface area contributed by atoms with Gasteiger partial charge in [0, 0.05) is 5.69 Å². The van der Waals surface area contributed by atoms with Crippen LogP contribution < -0.4 is 5.73 Å². The summed E-state index contributed by atoms with van der Waals surface area (Å²) in [6.45, 7) is 0. The van der Waals surface area contributed by atoms with Crippen LogP contribution in [-0.2, 0) is 12.8 Å². The molecular formula is C19H23NO. The third-order valence-corrected chi connectivity index (χ3v) is 3.51. The standard InChI is InChI=1S/C19H23NO/c20-18-13-10-17(11-14-18)12-15-19(21)9-5-4-8-16-6-2-1-3-7-16/h1-3,5-7,9-11,13-14,19,21H,4,8,12,15,20H2/b9-5+. The Bertz CT molecular complexity index is 546. The van der Waals surface area contributed by atoms with Gasteiger partial charge in [-0.25, -0.2) is 0 Å². The number of nitrogens with two attached hydrogens (primary N) is 1. The van der Waals surface area contributed by atoms with E-state index in [1.54, 1.807) is 0 Å². The number of aryl methyl sites for hydroxylation is 2. The van der Waals surface area contributed by atoms with Crippen LogP contribution in [0.4, 0.5) is 5.69 Å². The lowest BCUT2D eigenvalue weighted by atomic mass is 10.1. The van der Waals surface area contributed by atoms with Crippen LogP contribution in [0.5, 0.6) is 0 Å². The number of aliphatic hydroxyl groups excluding tert-OH is 1. The number of benzene rings is 2. The lowest BCUT2D eigenvalue weighted by Crippen LogP contribution is -2.04. The van der Waals surface area contributed by atoms with E-state index in [0.29, 0.717) is 0 Å². The first-order valence-electron chi connectivity index (χ1n) is 7.47. The molecule has 1 atom stereocenters. The quantitative estimate of drug-likeness (QED) is 0.599.